The van der Waals surface area contributed by atoms with Crippen LogP contribution in [-0.4, -0.2) is 24.0 Å². The van der Waals surface area contributed by atoms with Crippen molar-refractivity contribution in [2.24, 2.45) is 0 Å². The van der Waals surface area contributed by atoms with Crippen LogP contribution in [0, 0.1) is 0 Å². The second-order valence-corrected chi connectivity index (χ2v) is 9.39. The maximum absolute atomic E-state index is 12.2. The van der Waals surface area contributed by atoms with Crippen LogP contribution in [0.25, 0.3) is 0 Å². The Labute approximate surface area is 170 Å². The Hall–Kier alpha value is -1.59. The molecule has 3 rings (SSSR count). The van der Waals surface area contributed by atoms with Crippen molar-refractivity contribution in [2.75, 3.05) is 18.1 Å². The molecule has 1 unspecified atom stereocenters. The second kappa shape index (κ2) is 10.1. The molecule has 0 spiro atoms. The molecule has 0 aliphatic carbocycles. The molecule has 1 fully saturated rings. The molecule has 0 bridgehead atoms. The minimum absolute atomic E-state index is 0.0314. The van der Waals surface area contributed by atoms with Gasteiger partial charge in [-0.2, -0.15) is 0 Å². The monoisotopic (exact) mass is 401 g/mol. The number of benzene rings is 2. The smallest absolute Gasteiger partial charge is 0.258 e. The van der Waals surface area contributed by atoms with Gasteiger partial charge in [0.1, 0.15) is 5.75 Å². The van der Waals surface area contributed by atoms with Gasteiger partial charge in [-0.15, -0.1) is 23.5 Å². The van der Waals surface area contributed by atoms with Crippen LogP contribution in [0.1, 0.15) is 47.6 Å². The van der Waals surface area contributed by atoms with Crippen LogP contribution in [0.2, 0.25) is 0 Å². The number of carbonyl (C=O) groups excluding carboxylic acids is 1. The van der Waals surface area contributed by atoms with Crippen LogP contribution in [0.15, 0.2) is 48.5 Å². The molecule has 0 radical (unpaired) electrons. The fraction of sp³-hybridized carbons (Fsp3) is 0.409. The van der Waals surface area contributed by atoms with Crippen LogP contribution in [-0.2, 0) is 11.2 Å². The molecule has 2 aromatic carbocycles. The minimum Gasteiger partial charge on any atom is -0.484 e. The van der Waals surface area contributed by atoms with Crippen molar-refractivity contribution in [3.63, 3.8) is 0 Å². The largest absolute Gasteiger partial charge is 0.484 e. The standard InChI is InChI=1S/C22H27NO2S2/c1-3-17-5-7-18(8-6-17)16(2)23-21(24)15-25-20-11-9-19(10-12-20)22-26-13-4-14-27-22/h5-12,16,22H,3-4,13-15H2,1-2H3,(H,23,24). The molecule has 1 aliphatic heterocycles. The first kappa shape index (κ1) is 20.2. The predicted molar refractivity (Wildman–Crippen MR) is 117 cm³/mol. The SMILES string of the molecule is CCc1ccc(C(C)NC(=O)COc2ccc(C3SCCCS3)cc2)cc1. The zero-order valence-electron chi connectivity index (χ0n) is 15.9. The Balaban J connectivity index is 1.46. The number of rotatable bonds is 7. The molecule has 1 N–H and O–H groups in total. The lowest BCUT2D eigenvalue weighted by molar-refractivity contribution is -0.123. The fourth-order valence-electron chi connectivity index (χ4n) is 2.96. The number of ether oxygens (including phenoxy) is 1. The average molecular weight is 402 g/mol. The molecular formula is C22H27NO2S2. The first-order chi connectivity index (χ1) is 13.2. The summed E-state index contributed by atoms with van der Waals surface area (Å²) in [6.07, 6.45) is 2.31. The van der Waals surface area contributed by atoms with Crippen LogP contribution >= 0.6 is 23.5 Å². The van der Waals surface area contributed by atoms with Gasteiger partial charge in [-0.3, -0.25) is 4.79 Å². The van der Waals surface area contributed by atoms with Crippen molar-refractivity contribution in [1.82, 2.24) is 5.32 Å². The van der Waals surface area contributed by atoms with E-state index in [9.17, 15) is 4.79 Å². The van der Waals surface area contributed by atoms with Gasteiger partial charge in [0.05, 0.1) is 10.6 Å². The molecule has 27 heavy (non-hydrogen) atoms. The Morgan fingerprint density at radius 2 is 1.78 bits per heavy atom. The van der Waals surface area contributed by atoms with Crippen molar-refractivity contribution in [3.05, 3.63) is 65.2 Å². The lowest BCUT2D eigenvalue weighted by Gasteiger charge is -2.21. The first-order valence-electron chi connectivity index (χ1n) is 9.50. The number of hydrogen-bond donors (Lipinski definition) is 1. The summed E-state index contributed by atoms with van der Waals surface area (Å²) in [6, 6.07) is 16.5. The van der Waals surface area contributed by atoms with Crippen LogP contribution in [0.3, 0.4) is 0 Å². The van der Waals surface area contributed by atoms with Crippen LogP contribution in [0.5, 0.6) is 5.75 Å². The van der Waals surface area contributed by atoms with E-state index in [1.807, 2.05) is 42.6 Å². The summed E-state index contributed by atoms with van der Waals surface area (Å²) in [6.45, 7) is 4.16. The van der Waals surface area contributed by atoms with Crippen LogP contribution < -0.4 is 10.1 Å². The number of carbonyl (C=O) groups is 1. The summed E-state index contributed by atoms with van der Waals surface area (Å²) in [5.74, 6) is 3.09. The zero-order valence-corrected chi connectivity index (χ0v) is 17.6. The highest BCUT2D eigenvalue weighted by Crippen LogP contribution is 2.43. The van der Waals surface area contributed by atoms with Gasteiger partial charge < -0.3 is 10.1 Å². The number of aryl methyl sites for hydroxylation is 1. The fourth-order valence-corrected chi connectivity index (χ4v) is 5.85. The molecule has 1 atom stereocenters. The van der Waals surface area contributed by atoms with Gasteiger partial charge in [-0.1, -0.05) is 43.3 Å². The van der Waals surface area contributed by atoms with Gasteiger partial charge in [0.15, 0.2) is 6.61 Å². The van der Waals surface area contributed by atoms with Gasteiger partial charge >= 0.3 is 0 Å². The molecule has 0 aromatic heterocycles. The van der Waals surface area contributed by atoms with Crippen molar-refractivity contribution in [2.45, 2.75) is 37.3 Å². The predicted octanol–water partition coefficient (Wildman–Crippen LogP) is 5.37. The van der Waals surface area contributed by atoms with Gasteiger partial charge in [0.2, 0.25) is 0 Å². The first-order valence-corrected chi connectivity index (χ1v) is 11.6. The Morgan fingerprint density at radius 1 is 1.11 bits per heavy atom. The van der Waals surface area contributed by atoms with Crippen molar-refractivity contribution >= 4 is 29.4 Å². The van der Waals surface area contributed by atoms with E-state index in [0.29, 0.717) is 4.58 Å². The Bertz CT molecular complexity index is 725. The summed E-state index contributed by atoms with van der Waals surface area (Å²) in [4.78, 5) is 12.2. The summed E-state index contributed by atoms with van der Waals surface area (Å²) >= 11 is 4.01. The Kier molecular flexibility index (Phi) is 7.53. The third kappa shape index (κ3) is 5.94. The topological polar surface area (TPSA) is 38.3 Å². The third-order valence-corrected chi connectivity index (χ3v) is 7.63. The minimum atomic E-state index is -0.107. The summed E-state index contributed by atoms with van der Waals surface area (Å²) in [5.41, 5.74) is 3.73. The molecule has 1 saturated heterocycles. The van der Waals surface area contributed by atoms with E-state index >= 15 is 0 Å². The maximum atomic E-state index is 12.2. The molecule has 144 valence electrons. The van der Waals surface area contributed by atoms with Gasteiger partial charge in [-0.05, 0) is 60.1 Å². The number of amides is 1. The van der Waals surface area contributed by atoms with E-state index < -0.39 is 0 Å². The normalized spacial score (nSPS) is 15.9. The van der Waals surface area contributed by atoms with E-state index in [1.165, 1.54) is 29.1 Å². The molecule has 2 aromatic rings. The van der Waals surface area contributed by atoms with E-state index in [-0.39, 0.29) is 18.6 Å². The van der Waals surface area contributed by atoms with E-state index in [2.05, 4.69) is 48.6 Å². The highest BCUT2D eigenvalue weighted by atomic mass is 32.2. The molecule has 0 saturated carbocycles. The van der Waals surface area contributed by atoms with Crippen LogP contribution in [0.4, 0.5) is 0 Å². The zero-order chi connectivity index (χ0) is 19.1. The van der Waals surface area contributed by atoms with E-state index in [0.717, 1.165) is 17.7 Å². The maximum Gasteiger partial charge on any atom is 0.258 e. The van der Waals surface area contributed by atoms with Gasteiger partial charge in [0, 0.05) is 0 Å². The Morgan fingerprint density at radius 3 is 2.41 bits per heavy atom. The van der Waals surface area contributed by atoms with Crippen molar-refractivity contribution in [3.8, 4) is 5.75 Å². The average Bonchev–Trinajstić information content (AvgIpc) is 2.73. The third-order valence-electron chi connectivity index (χ3n) is 4.61. The van der Waals surface area contributed by atoms with Gasteiger partial charge in [0.25, 0.3) is 5.91 Å². The molecular weight excluding hydrogens is 374 g/mol. The van der Waals surface area contributed by atoms with Crippen molar-refractivity contribution in [1.29, 1.82) is 0 Å². The van der Waals surface area contributed by atoms with E-state index in [1.54, 1.807) is 0 Å². The molecule has 5 heteroatoms. The highest BCUT2D eigenvalue weighted by Gasteiger charge is 2.16. The molecule has 3 nitrogen and oxygen atoms in total. The number of nitrogens with one attached hydrogen (secondary N) is 1. The molecule has 1 amide bonds. The quantitative estimate of drug-likeness (QED) is 0.676. The molecule has 1 heterocycles. The second-order valence-electron chi connectivity index (χ2n) is 6.67. The highest BCUT2D eigenvalue weighted by molar-refractivity contribution is 8.16. The summed E-state index contributed by atoms with van der Waals surface area (Å²) < 4.78 is 6.18. The van der Waals surface area contributed by atoms with E-state index in [4.69, 9.17) is 4.74 Å². The lowest BCUT2D eigenvalue weighted by Crippen LogP contribution is -2.31. The summed E-state index contributed by atoms with van der Waals surface area (Å²) in [5, 5.41) is 3.00. The summed E-state index contributed by atoms with van der Waals surface area (Å²) in [7, 11) is 0. The lowest BCUT2D eigenvalue weighted by atomic mass is 10.1. The van der Waals surface area contributed by atoms with Crippen molar-refractivity contribution < 1.29 is 9.53 Å². The number of hydrogen-bond acceptors (Lipinski definition) is 4. The van der Waals surface area contributed by atoms with Gasteiger partial charge in [-0.25, -0.2) is 0 Å². The molecule has 1 aliphatic rings. The number of thioether (sulfide) groups is 2.